The predicted molar refractivity (Wildman–Crippen MR) is 145 cm³/mol. The Morgan fingerprint density at radius 1 is 0.667 bits per heavy atom. The van der Waals surface area contributed by atoms with Crippen LogP contribution in [0.1, 0.15) is 52.0 Å². The second kappa shape index (κ2) is 12.7. The topological polar surface area (TPSA) is 99.7 Å². The molecular formula is C29H42N4O6. The molecule has 3 fully saturated rings. The van der Waals surface area contributed by atoms with E-state index in [1.807, 2.05) is 60.9 Å². The molecule has 0 N–H and O–H groups in total. The SMILES string of the molecule is CC(C)(C)OC(=O)N1CCC(C(=O)N2CCC(C(=O)N3CCN(C(=O)OCc4ccccc4)CC3)CC2)CC1. The summed E-state index contributed by atoms with van der Waals surface area (Å²) in [5.74, 6) is 0.0581. The van der Waals surface area contributed by atoms with Crippen molar-refractivity contribution in [3.63, 3.8) is 0 Å². The summed E-state index contributed by atoms with van der Waals surface area (Å²) in [4.78, 5) is 58.1. The third-order valence-corrected chi connectivity index (χ3v) is 7.71. The van der Waals surface area contributed by atoms with Crippen LogP contribution in [0, 0.1) is 11.8 Å². The van der Waals surface area contributed by atoms with Crippen molar-refractivity contribution in [3.8, 4) is 0 Å². The Bertz CT molecular complexity index is 1000. The lowest BCUT2D eigenvalue weighted by molar-refractivity contribution is -0.144. The van der Waals surface area contributed by atoms with Gasteiger partial charge in [-0.05, 0) is 52.0 Å². The zero-order chi connectivity index (χ0) is 28.0. The molecule has 10 nitrogen and oxygen atoms in total. The molecule has 0 aliphatic carbocycles. The third-order valence-electron chi connectivity index (χ3n) is 7.71. The summed E-state index contributed by atoms with van der Waals surface area (Å²) >= 11 is 0. The molecule has 4 amide bonds. The van der Waals surface area contributed by atoms with Crippen LogP contribution < -0.4 is 0 Å². The average molecular weight is 543 g/mol. The maximum Gasteiger partial charge on any atom is 0.410 e. The van der Waals surface area contributed by atoms with Gasteiger partial charge in [0.25, 0.3) is 0 Å². The highest BCUT2D eigenvalue weighted by atomic mass is 16.6. The number of rotatable bonds is 4. The first-order valence-corrected chi connectivity index (χ1v) is 14.1. The molecule has 0 saturated carbocycles. The fourth-order valence-electron chi connectivity index (χ4n) is 5.42. The minimum Gasteiger partial charge on any atom is -0.445 e. The number of hydrogen-bond donors (Lipinski definition) is 0. The van der Waals surface area contributed by atoms with Gasteiger partial charge in [0, 0.05) is 64.2 Å². The fraction of sp³-hybridized carbons (Fsp3) is 0.655. The van der Waals surface area contributed by atoms with Crippen LogP contribution in [0.5, 0.6) is 0 Å². The number of carbonyl (C=O) groups is 4. The van der Waals surface area contributed by atoms with Crippen LogP contribution in [0.25, 0.3) is 0 Å². The highest BCUT2D eigenvalue weighted by Crippen LogP contribution is 2.26. The third kappa shape index (κ3) is 7.86. The first-order valence-electron chi connectivity index (χ1n) is 14.1. The monoisotopic (exact) mass is 542 g/mol. The van der Waals surface area contributed by atoms with Gasteiger partial charge < -0.3 is 29.1 Å². The summed E-state index contributed by atoms with van der Waals surface area (Å²) in [6.45, 7) is 9.87. The summed E-state index contributed by atoms with van der Waals surface area (Å²) in [5, 5.41) is 0. The standard InChI is InChI=1S/C29H42N4O6/c1-29(2,3)39-28(37)32-15-11-24(12-16-32)25(34)30-13-9-23(10-14-30)26(35)31-17-19-33(20-18-31)27(36)38-21-22-7-5-4-6-8-22/h4-8,23-24H,9-21H2,1-3H3. The van der Waals surface area contributed by atoms with Gasteiger partial charge in [-0.3, -0.25) is 9.59 Å². The van der Waals surface area contributed by atoms with E-state index < -0.39 is 5.60 Å². The van der Waals surface area contributed by atoms with Gasteiger partial charge in [0.15, 0.2) is 0 Å². The summed E-state index contributed by atoms with van der Waals surface area (Å²) < 4.78 is 10.9. The molecule has 4 rings (SSSR count). The molecule has 3 aliphatic heterocycles. The lowest BCUT2D eigenvalue weighted by atomic mass is 9.91. The van der Waals surface area contributed by atoms with E-state index in [4.69, 9.17) is 9.47 Å². The Hall–Kier alpha value is -3.30. The molecule has 1 aromatic rings. The van der Waals surface area contributed by atoms with E-state index in [0.29, 0.717) is 78.0 Å². The molecule has 0 radical (unpaired) electrons. The molecule has 0 bridgehead atoms. The van der Waals surface area contributed by atoms with E-state index in [1.54, 1.807) is 9.80 Å². The van der Waals surface area contributed by atoms with E-state index in [-0.39, 0.29) is 42.4 Å². The van der Waals surface area contributed by atoms with Gasteiger partial charge in [0.1, 0.15) is 12.2 Å². The van der Waals surface area contributed by atoms with Crippen molar-refractivity contribution >= 4 is 24.0 Å². The van der Waals surface area contributed by atoms with E-state index in [1.165, 1.54) is 0 Å². The lowest BCUT2D eigenvalue weighted by Gasteiger charge is -2.39. The number of nitrogens with zero attached hydrogens (tertiary/aromatic N) is 4. The Morgan fingerprint density at radius 3 is 1.62 bits per heavy atom. The highest BCUT2D eigenvalue weighted by Gasteiger charge is 2.36. The van der Waals surface area contributed by atoms with Crippen LogP contribution in [0.15, 0.2) is 30.3 Å². The van der Waals surface area contributed by atoms with Gasteiger partial charge in [0.05, 0.1) is 0 Å². The van der Waals surface area contributed by atoms with E-state index in [0.717, 1.165) is 5.56 Å². The average Bonchev–Trinajstić information content (AvgIpc) is 2.95. The molecule has 3 saturated heterocycles. The molecule has 0 atom stereocenters. The number of amides is 4. The minimum absolute atomic E-state index is 0.0920. The zero-order valence-electron chi connectivity index (χ0n) is 23.5. The largest absolute Gasteiger partial charge is 0.445 e. The highest BCUT2D eigenvalue weighted by molar-refractivity contribution is 5.82. The summed E-state index contributed by atoms with van der Waals surface area (Å²) in [5.41, 5.74) is 0.406. The van der Waals surface area contributed by atoms with Crippen LogP contribution in [-0.4, -0.2) is 102 Å². The minimum atomic E-state index is -0.534. The molecule has 0 spiro atoms. The molecule has 3 aliphatic rings. The predicted octanol–water partition coefficient (Wildman–Crippen LogP) is 3.35. The number of likely N-dealkylation sites (tertiary alicyclic amines) is 2. The number of piperidine rings is 2. The van der Waals surface area contributed by atoms with Crippen molar-refractivity contribution < 1.29 is 28.7 Å². The van der Waals surface area contributed by atoms with Crippen molar-refractivity contribution in [2.24, 2.45) is 11.8 Å². The van der Waals surface area contributed by atoms with Gasteiger partial charge in [-0.1, -0.05) is 30.3 Å². The zero-order valence-corrected chi connectivity index (χ0v) is 23.5. The number of hydrogen-bond acceptors (Lipinski definition) is 6. The maximum absolute atomic E-state index is 13.2. The van der Waals surface area contributed by atoms with Crippen molar-refractivity contribution in [2.75, 3.05) is 52.4 Å². The molecule has 0 aromatic heterocycles. The summed E-state index contributed by atoms with van der Waals surface area (Å²) in [6, 6.07) is 9.56. The molecule has 214 valence electrons. The van der Waals surface area contributed by atoms with Crippen LogP contribution in [0.4, 0.5) is 9.59 Å². The van der Waals surface area contributed by atoms with E-state index in [9.17, 15) is 19.2 Å². The van der Waals surface area contributed by atoms with Gasteiger partial charge in [-0.15, -0.1) is 0 Å². The molecule has 39 heavy (non-hydrogen) atoms. The molecule has 10 heteroatoms. The number of carbonyl (C=O) groups excluding carboxylic acids is 4. The van der Waals surface area contributed by atoms with Crippen LogP contribution in [0.3, 0.4) is 0 Å². The molecule has 1 aromatic carbocycles. The van der Waals surface area contributed by atoms with Crippen LogP contribution in [-0.2, 0) is 25.7 Å². The maximum atomic E-state index is 13.2. The van der Waals surface area contributed by atoms with Gasteiger partial charge in [0.2, 0.25) is 11.8 Å². The first-order chi connectivity index (χ1) is 18.6. The molecule has 0 unspecified atom stereocenters. The summed E-state index contributed by atoms with van der Waals surface area (Å²) in [6.07, 6.45) is 1.90. The number of piperazine rings is 1. The van der Waals surface area contributed by atoms with Gasteiger partial charge in [-0.25, -0.2) is 9.59 Å². The van der Waals surface area contributed by atoms with Gasteiger partial charge >= 0.3 is 12.2 Å². The number of ether oxygens (including phenoxy) is 2. The first kappa shape index (κ1) is 28.7. The van der Waals surface area contributed by atoms with E-state index >= 15 is 0 Å². The second-order valence-corrected chi connectivity index (χ2v) is 11.7. The van der Waals surface area contributed by atoms with Crippen molar-refractivity contribution in [1.82, 2.24) is 19.6 Å². The van der Waals surface area contributed by atoms with Crippen molar-refractivity contribution in [3.05, 3.63) is 35.9 Å². The van der Waals surface area contributed by atoms with Crippen molar-refractivity contribution in [1.29, 1.82) is 0 Å². The second-order valence-electron chi connectivity index (χ2n) is 11.7. The quantitative estimate of drug-likeness (QED) is 0.579. The Morgan fingerprint density at radius 2 is 1.10 bits per heavy atom. The molecule has 3 heterocycles. The van der Waals surface area contributed by atoms with Crippen LogP contribution >= 0.6 is 0 Å². The smallest absolute Gasteiger partial charge is 0.410 e. The summed E-state index contributed by atoms with van der Waals surface area (Å²) in [7, 11) is 0. The lowest BCUT2D eigenvalue weighted by Crippen LogP contribution is -2.53. The Kier molecular flexibility index (Phi) is 9.35. The Balaban J connectivity index is 1.15. The Labute approximate surface area is 231 Å². The van der Waals surface area contributed by atoms with E-state index in [2.05, 4.69) is 0 Å². The molecular weight excluding hydrogens is 500 g/mol. The normalized spacial score (nSPS) is 19.6. The number of benzene rings is 1. The van der Waals surface area contributed by atoms with Gasteiger partial charge in [-0.2, -0.15) is 0 Å². The fourth-order valence-corrected chi connectivity index (χ4v) is 5.42. The van der Waals surface area contributed by atoms with Crippen molar-refractivity contribution in [2.45, 2.75) is 58.7 Å². The van der Waals surface area contributed by atoms with Crippen LogP contribution in [0.2, 0.25) is 0 Å².